The molecule has 0 spiro atoms. The molecule has 0 saturated heterocycles. The Balaban J connectivity index is 3.48. The molecule has 0 heterocycles. The molecule has 0 radical (unpaired) electrons. The molecule has 266 valence electrons. The van der Waals surface area contributed by atoms with Crippen LogP contribution in [0.15, 0.2) is 48.6 Å². The predicted molar refractivity (Wildman–Crippen MR) is 198 cm³/mol. The molecule has 0 N–H and O–H groups in total. The van der Waals surface area contributed by atoms with Crippen molar-refractivity contribution in [2.75, 3.05) is 33.4 Å². The lowest BCUT2D eigenvalue weighted by molar-refractivity contribution is -0.144. The Morgan fingerprint density at radius 1 is 0.457 bits per heavy atom. The summed E-state index contributed by atoms with van der Waals surface area (Å²) in [6.45, 7) is 6.55. The number of allylic oxidation sites excluding steroid dienone is 8. The fraction of sp³-hybridized carbons (Fsp3) is 0.756. The highest BCUT2D eigenvalue weighted by molar-refractivity contribution is 5.69. The molecule has 0 rings (SSSR count). The van der Waals surface area contributed by atoms with E-state index in [2.05, 4.69) is 62.5 Å². The van der Waals surface area contributed by atoms with E-state index in [9.17, 15) is 9.59 Å². The Labute approximate surface area is 285 Å². The van der Waals surface area contributed by atoms with Crippen LogP contribution in [0.1, 0.15) is 168 Å². The van der Waals surface area contributed by atoms with Gasteiger partial charge in [0.1, 0.15) is 13.2 Å². The lowest BCUT2D eigenvalue weighted by Crippen LogP contribution is -2.28. The number of hydrogen-bond acceptors (Lipinski definition) is 5. The zero-order chi connectivity index (χ0) is 33.6. The average molecular weight is 644 g/mol. The van der Waals surface area contributed by atoms with Crippen LogP contribution in [0.3, 0.4) is 0 Å². The summed E-state index contributed by atoms with van der Waals surface area (Å²) >= 11 is 0. The van der Waals surface area contributed by atoms with E-state index < -0.39 is 0 Å². The number of carbonyl (C=O) groups is 2. The molecule has 0 aromatic carbocycles. The van der Waals surface area contributed by atoms with Crippen molar-refractivity contribution in [1.29, 1.82) is 0 Å². The van der Waals surface area contributed by atoms with Gasteiger partial charge in [-0.3, -0.25) is 14.5 Å². The van der Waals surface area contributed by atoms with Gasteiger partial charge in [-0.2, -0.15) is 0 Å². The molecule has 0 amide bonds. The molecule has 0 unspecified atom stereocenters. The van der Waals surface area contributed by atoms with E-state index in [1.807, 2.05) is 11.9 Å². The first-order chi connectivity index (χ1) is 22.6. The number of esters is 2. The number of rotatable bonds is 34. The molecule has 0 atom stereocenters. The third-order valence-corrected chi connectivity index (χ3v) is 8.14. The Bertz CT molecular complexity index is 721. The summed E-state index contributed by atoms with van der Waals surface area (Å²) in [6, 6.07) is 0. The van der Waals surface area contributed by atoms with Gasteiger partial charge >= 0.3 is 11.9 Å². The number of nitrogens with zero attached hydrogens (tertiary/aromatic N) is 1. The van der Waals surface area contributed by atoms with Crippen LogP contribution in [0.25, 0.3) is 0 Å². The third kappa shape index (κ3) is 36.3. The number of hydrogen-bond donors (Lipinski definition) is 0. The summed E-state index contributed by atoms with van der Waals surface area (Å²) in [7, 11) is 1.96. The third-order valence-electron chi connectivity index (χ3n) is 8.14. The van der Waals surface area contributed by atoms with Gasteiger partial charge < -0.3 is 9.47 Å². The fourth-order valence-corrected chi connectivity index (χ4v) is 5.05. The summed E-state index contributed by atoms with van der Waals surface area (Å²) < 4.78 is 10.8. The predicted octanol–water partition coefficient (Wildman–Crippen LogP) is 11.6. The highest BCUT2D eigenvalue weighted by atomic mass is 16.5. The molecular formula is C41H73NO4. The van der Waals surface area contributed by atoms with Crippen LogP contribution in [0, 0.1) is 0 Å². The van der Waals surface area contributed by atoms with E-state index in [0.29, 0.717) is 39.1 Å². The molecule has 5 heteroatoms. The van der Waals surface area contributed by atoms with Gasteiger partial charge in [-0.05, 0) is 84.1 Å². The zero-order valence-electron chi connectivity index (χ0n) is 30.5. The summed E-state index contributed by atoms with van der Waals surface area (Å²) in [6.07, 6.45) is 45.2. The smallest absolute Gasteiger partial charge is 0.305 e. The van der Waals surface area contributed by atoms with Gasteiger partial charge in [0.15, 0.2) is 0 Å². The van der Waals surface area contributed by atoms with Crippen molar-refractivity contribution in [3.63, 3.8) is 0 Å². The maximum Gasteiger partial charge on any atom is 0.305 e. The standard InChI is InChI=1S/C41H73NO4/c1-4-6-8-10-12-14-16-18-20-22-24-26-28-30-32-34-40(43)45-38-36-42(3)37-39-46-41(44)35-33-31-29-27-25-23-21-19-17-15-13-11-9-7-5-2/h12-15,18-21H,4-11,16-17,22-39H2,1-3H3/b14-12-,15-13-,20-18-,21-19-. The summed E-state index contributed by atoms with van der Waals surface area (Å²) in [4.78, 5) is 26.1. The van der Waals surface area contributed by atoms with Gasteiger partial charge in [0.2, 0.25) is 0 Å². The highest BCUT2D eigenvalue weighted by Gasteiger charge is 2.06. The lowest BCUT2D eigenvalue weighted by atomic mass is 10.1. The van der Waals surface area contributed by atoms with Crippen LogP contribution >= 0.6 is 0 Å². The van der Waals surface area contributed by atoms with Crippen molar-refractivity contribution in [1.82, 2.24) is 4.90 Å². The molecule has 0 aliphatic heterocycles. The number of carbonyl (C=O) groups excluding carboxylic acids is 2. The minimum absolute atomic E-state index is 0.108. The second-order valence-corrected chi connectivity index (χ2v) is 12.7. The number of likely N-dealkylation sites (N-methyl/N-ethyl adjacent to an activating group) is 1. The minimum atomic E-state index is -0.108. The summed E-state index contributed by atoms with van der Waals surface area (Å²) in [5, 5.41) is 0. The van der Waals surface area contributed by atoms with E-state index in [-0.39, 0.29) is 11.9 Å². The summed E-state index contributed by atoms with van der Waals surface area (Å²) in [5.74, 6) is -0.217. The Hall–Kier alpha value is -2.14. The quantitative estimate of drug-likeness (QED) is 0.0397. The second kappa shape index (κ2) is 37.3. The van der Waals surface area contributed by atoms with Gasteiger partial charge in [-0.25, -0.2) is 0 Å². The molecule has 0 saturated carbocycles. The zero-order valence-corrected chi connectivity index (χ0v) is 30.5. The summed E-state index contributed by atoms with van der Waals surface area (Å²) in [5.41, 5.74) is 0. The van der Waals surface area contributed by atoms with Gasteiger partial charge in [0, 0.05) is 25.9 Å². The Morgan fingerprint density at radius 2 is 0.783 bits per heavy atom. The molecule has 0 bridgehead atoms. The first-order valence-corrected chi connectivity index (χ1v) is 19.2. The van der Waals surface area contributed by atoms with E-state index in [1.54, 1.807) is 0 Å². The van der Waals surface area contributed by atoms with Crippen LogP contribution in [-0.2, 0) is 19.1 Å². The monoisotopic (exact) mass is 644 g/mol. The Morgan fingerprint density at radius 3 is 1.15 bits per heavy atom. The normalized spacial score (nSPS) is 12.1. The van der Waals surface area contributed by atoms with Crippen LogP contribution in [-0.4, -0.2) is 50.2 Å². The van der Waals surface area contributed by atoms with Crippen LogP contribution in [0.5, 0.6) is 0 Å². The van der Waals surface area contributed by atoms with Gasteiger partial charge in [0.05, 0.1) is 0 Å². The van der Waals surface area contributed by atoms with Gasteiger partial charge in [0.25, 0.3) is 0 Å². The SMILES string of the molecule is CCCCC/C=C\C/C=C\CCCCCCCC(=O)OCCN(C)CCOC(=O)CCCCCCC/C=C\C/C=C\CCCCC. The van der Waals surface area contributed by atoms with Gasteiger partial charge in [-0.1, -0.05) is 127 Å². The fourth-order valence-electron chi connectivity index (χ4n) is 5.05. The van der Waals surface area contributed by atoms with Crippen LogP contribution in [0.4, 0.5) is 0 Å². The van der Waals surface area contributed by atoms with Crippen molar-refractivity contribution >= 4 is 11.9 Å². The van der Waals surface area contributed by atoms with E-state index in [0.717, 1.165) is 51.4 Å². The highest BCUT2D eigenvalue weighted by Crippen LogP contribution is 2.10. The topological polar surface area (TPSA) is 55.8 Å². The van der Waals surface area contributed by atoms with E-state index in [4.69, 9.17) is 9.47 Å². The van der Waals surface area contributed by atoms with Crippen molar-refractivity contribution in [3.8, 4) is 0 Å². The minimum Gasteiger partial charge on any atom is -0.464 e. The van der Waals surface area contributed by atoms with Gasteiger partial charge in [-0.15, -0.1) is 0 Å². The van der Waals surface area contributed by atoms with Crippen molar-refractivity contribution in [2.45, 2.75) is 168 Å². The van der Waals surface area contributed by atoms with E-state index in [1.165, 1.54) is 89.9 Å². The molecule has 0 aromatic heterocycles. The molecule has 46 heavy (non-hydrogen) atoms. The van der Waals surface area contributed by atoms with Crippen molar-refractivity contribution in [3.05, 3.63) is 48.6 Å². The molecule has 0 fully saturated rings. The average Bonchev–Trinajstić information content (AvgIpc) is 3.04. The molecule has 5 nitrogen and oxygen atoms in total. The number of ether oxygens (including phenoxy) is 2. The van der Waals surface area contributed by atoms with E-state index >= 15 is 0 Å². The molecule has 0 aromatic rings. The molecule has 0 aliphatic carbocycles. The maximum atomic E-state index is 12.0. The molecule has 0 aliphatic rings. The maximum absolute atomic E-state index is 12.0. The largest absolute Gasteiger partial charge is 0.464 e. The van der Waals surface area contributed by atoms with Crippen LogP contribution < -0.4 is 0 Å². The van der Waals surface area contributed by atoms with Crippen molar-refractivity contribution in [2.24, 2.45) is 0 Å². The lowest BCUT2D eigenvalue weighted by Gasteiger charge is -2.16. The molecular weight excluding hydrogens is 570 g/mol. The first-order valence-electron chi connectivity index (χ1n) is 19.2. The second-order valence-electron chi connectivity index (χ2n) is 12.7. The number of unbranched alkanes of at least 4 members (excludes halogenated alkanes) is 16. The first kappa shape index (κ1) is 43.9. The Kier molecular flexibility index (Phi) is 35.6. The van der Waals surface area contributed by atoms with Crippen molar-refractivity contribution < 1.29 is 19.1 Å². The van der Waals surface area contributed by atoms with Crippen LogP contribution in [0.2, 0.25) is 0 Å².